The Morgan fingerprint density at radius 3 is 2.77 bits per heavy atom. The van der Waals surface area contributed by atoms with Crippen molar-refractivity contribution in [1.82, 2.24) is 4.90 Å². The Morgan fingerprint density at radius 1 is 1.46 bits per heavy atom. The topological polar surface area (TPSA) is 3.24 Å². The van der Waals surface area contributed by atoms with Gasteiger partial charge >= 0.3 is 0 Å². The predicted molar refractivity (Wildman–Crippen MR) is 58.9 cm³/mol. The zero-order chi connectivity index (χ0) is 9.84. The average Bonchev–Trinajstić information content (AvgIpc) is 2.11. The molecule has 0 amide bonds. The van der Waals surface area contributed by atoms with Crippen LogP contribution in [-0.4, -0.2) is 24.5 Å². The lowest BCUT2D eigenvalue weighted by Crippen LogP contribution is -2.40. The number of piperidine rings is 1. The highest BCUT2D eigenvalue weighted by atomic mass is 15.1. The molecule has 78 valence electrons. The lowest BCUT2D eigenvalue weighted by Gasteiger charge is -2.37. The summed E-state index contributed by atoms with van der Waals surface area (Å²) in [5.74, 6) is 1.85. The third-order valence-corrected chi connectivity index (χ3v) is 3.64. The molecule has 0 aromatic carbocycles. The van der Waals surface area contributed by atoms with Crippen molar-refractivity contribution in [3.8, 4) is 0 Å². The van der Waals surface area contributed by atoms with Gasteiger partial charge in [0.2, 0.25) is 0 Å². The first kappa shape index (κ1) is 11.0. The van der Waals surface area contributed by atoms with E-state index in [1.807, 2.05) is 0 Å². The minimum absolute atomic E-state index is 0.860. The molecule has 1 heteroatoms. The molecular formula is C12H25N. The molecule has 3 atom stereocenters. The minimum atomic E-state index is 0.860. The number of likely N-dealkylation sites (tertiary alicyclic amines) is 1. The Morgan fingerprint density at radius 2 is 2.15 bits per heavy atom. The molecule has 1 fully saturated rings. The van der Waals surface area contributed by atoms with Gasteiger partial charge in [-0.05, 0) is 44.7 Å². The van der Waals surface area contributed by atoms with Crippen LogP contribution in [0.5, 0.6) is 0 Å². The molecule has 0 aromatic rings. The molecule has 1 nitrogen and oxygen atoms in total. The van der Waals surface area contributed by atoms with E-state index in [1.54, 1.807) is 0 Å². The average molecular weight is 183 g/mol. The highest BCUT2D eigenvalue weighted by molar-refractivity contribution is 4.79. The first-order chi connectivity index (χ1) is 6.13. The molecule has 1 rings (SSSR count). The van der Waals surface area contributed by atoms with Crippen LogP contribution < -0.4 is 0 Å². The third-order valence-electron chi connectivity index (χ3n) is 3.64. The zero-order valence-corrected chi connectivity index (χ0v) is 9.71. The van der Waals surface area contributed by atoms with Gasteiger partial charge in [-0.15, -0.1) is 0 Å². The van der Waals surface area contributed by atoms with Crippen molar-refractivity contribution < 1.29 is 0 Å². The standard InChI is InChI=1S/C12H25N/c1-5-10(2)8-12-9-11(3)6-7-13(12)4/h10-12H,5-9H2,1-4H3. The number of hydrogen-bond acceptors (Lipinski definition) is 1. The lowest BCUT2D eigenvalue weighted by atomic mass is 9.87. The summed E-state index contributed by atoms with van der Waals surface area (Å²) >= 11 is 0. The fraction of sp³-hybridized carbons (Fsp3) is 1.00. The minimum Gasteiger partial charge on any atom is -0.303 e. The molecule has 3 unspecified atom stereocenters. The Labute approximate surface area is 83.5 Å². The first-order valence-corrected chi connectivity index (χ1v) is 5.83. The van der Waals surface area contributed by atoms with E-state index in [0.717, 1.165) is 17.9 Å². The summed E-state index contributed by atoms with van der Waals surface area (Å²) in [6.07, 6.45) is 5.55. The van der Waals surface area contributed by atoms with Gasteiger partial charge < -0.3 is 4.90 Å². The Kier molecular flexibility index (Phi) is 4.24. The third kappa shape index (κ3) is 3.30. The first-order valence-electron chi connectivity index (χ1n) is 5.83. The molecule has 0 spiro atoms. The van der Waals surface area contributed by atoms with Crippen molar-refractivity contribution in [3.05, 3.63) is 0 Å². The van der Waals surface area contributed by atoms with Gasteiger partial charge in [0.15, 0.2) is 0 Å². The van der Waals surface area contributed by atoms with Crippen LogP contribution in [0.25, 0.3) is 0 Å². The van der Waals surface area contributed by atoms with Gasteiger partial charge in [0.25, 0.3) is 0 Å². The van der Waals surface area contributed by atoms with Gasteiger partial charge in [0.05, 0.1) is 0 Å². The van der Waals surface area contributed by atoms with Crippen molar-refractivity contribution in [2.75, 3.05) is 13.6 Å². The zero-order valence-electron chi connectivity index (χ0n) is 9.71. The van der Waals surface area contributed by atoms with Crippen LogP contribution in [0, 0.1) is 11.8 Å². The second-order valence-electron chi connectivity index (χ2n) is 5.01. The molecule has 1 aliphatic rings. The molecule has 1 saturated heterocycles. The molecular weight excluding hydrogens is 158 g/mol. The van der Waals surface area contributed by atoms with E-state index in [1.165, 1.54) is 32.2 Å². The van der Waals surface area contributed by atoms with Crippen molar-refractivity contribution in [1.29, 1.82) is 0 Å². The number of hydrogen-bond donors (Lipinski definition) is 0. The van der Waals surface area contributed by atoms with E-state index in [4.69, 9.17) is 0 Å². The molecule has 13 heavy (non-hydrogen) atoms. The largest absolute Gasteiger partial charge is 0.303 e. The molecule has 1 aliphatic heterocycles. The summed E-state index contributed by atoms with van der Waals surface area (Å²) in [7, 11) is 2.29. The Bertz CT molecular complexity index is 144. The van der Waals surface area contributed by atoms with Crippen LogP contribution >= 0.6 is 0 Å². The number of rotatable bonds is 3. The summed E-state index contributed by atoms with van der Waals surface area (Å²) in [6, 6.07) is 0.860. The summed E-state index contributed by atoms with van der Waals surface area (Å²) in [4.78, 5) is 2.56. The van der Waals surface area contributed by atoms with Gasteiger partial charge in [0.1, 0.15) is 0 Å². The van der Waals surface area contributed by atoms with Crippen LogP contribution in [0.2, 0.25) is 0 Å². The smallest absolute Gasteiger partial charge is 0.00972 e. The second-order valence-corrected chi connectivity index (χ2v) is 5.01. The van der Waals surface area contributed by atoms with E-state index >= 15 is 0 Å². The summed E-state index contributed by atoms with van der Waals surface area (Å²) < 4.78 is 0. The van der Waals surface area contributed by atoms with Crippen molar-refractivity contribution >= 4 is 0 Å². The molecule has 1 heterocycles. The second kappa shape index (κ2) is 4.99. The maximum Gasteiger partial charge on any atom is 0.00972 e. The fourth-order valence-corrected chi connectivity index (χ4v) is 2.28. The molecule has 0 radical (unpaired) electrons. The molecule has 0 aromatic heterocycles. The van der Waals surface area contributed by atoms with Crippen LogP contribution in [0.15, 0.2) is 0 Å². The van der Waals surface area contributed by atoms with Gasteiger partial charge in [-0.25, -0.2) is 0 Å². The van der Waals surface area contributed by atoms with Gasteiger partial charge in [-0.3, -0.25) is 0 Å². The van der Waals surface area contributed by atoms with Crippen LogP contribution in [0.1, 0.15) is 46.5 Å². The van der Waals surface area contributed by atoms with Crippen molar-refractivity contribution in [3.63, 3.8) is 0 Å². The number of nitrogens with zero attached hydrogens (tertiary/aromatic N) is 1. The maximum atomic E-state index is 2.56. The van der Waals surface area contributed by atoms with Crippen LogP contribution in [0.3, 0.4) is 0 Å². The van der Waals surface area contributed by atoms with E-state index in [0.29, 0.717) is 0 Å². The predicted octanol–water partition coefficient (Wildman–Crippen LogP) is 3.15. The van der Waals surface area contributed by atoms with Gasteiger partial charge in [-0.2, -0.15) is 0 Å². The SMILES string of the molecule is CCC(C)CC1CC(C)CCN1C. The maximum absolute atomic E-state index is 2.56. The fourth-order valence-electron chi connectivity index (χ4n) is 2.28. The van der Waals surface area contributed by atoms with Gasteiger partial charge in [-0.1, -0.05) is 27.2 Å². The van der Waals surface area contributed by atoms with E-state index in [-0.39, 0.29) is 0 Å². The highest BCUT2D eigenvalue weighted by Gasteiger charge is 2.24. The normalized spacial score (nSPS) is 33.2. The van der Waals surface area contributed by atoms with Crippen LogP contribution in [-0.2, 0) is 0 Å². The van der Waals surface area contributed by atoms with E-state index < -0.39 is 0 Å². The Balaban J connectivity index is 2.37. The van der Waals surface area contributed by atoms with E-state index in [2.05, 4.69) is 32.7 Å². The van der Waals surface area contributed by atoms with Crippen molar-refractivity contribution in [2.45, 2.75) is 52.5 Å². The summed E-state index contributed by atoms with van der Waals surface area (Å²) in [5, 5.41) is 0. The quantitative estimate of drug-likeness (QED) is 0.649. The van der Waals surface area contributed by atoms with E-state index in [9.17, 15) is 0 Å². The monoisotopic (exact) mass is 183 g/mol. The molecule has 0 N–H and O–H groups in total. The van der Waals surface area contributed by atoms with Crippen molar-refractivity contribution in [2.24, 2.45) is 11.8 Å². The molecule has 0 bridgehead atoms. The van der Waals surface area contributed by atoms with Crippen LogP contribution in [0.4, 0.5) is 0 Å². The molecule has 0 saturated carbocycles. The lowest BCUT2D eigenvalue weighted by molar-refractivity contribution is 0.127. The molecule has 0 aliphatic carbocycles. The van der Waals surface area contributed by atoms with Gasteiger partial charge in [0, 0.05) is 6.04 Å². The summed E-state index contributed by atoms with van der Waals surface area (Å²) in [6.45, 7) is 8.39. The highest BCUT2D eigenvalue weighted by Crippen LogP contribution is 2.26. The summed E-state index contributed by atoms with van der Waals surface area (Å²) in [5.41, 5.74) is 0. The Hall–Kier alpha value is -0.0400.